The molecule has 0 aromatic carbocycles. The molecule has 0 heterocycles. The number of aliphatic hydroxyl groups is 1. The Labute approximate surface area is 113 Å². The summed E-state index contributed by atoms with van der Waals surface area (Å²) in [6, 6.07) is 0. The lowest BCUT2D eigenvalue weighted by Gasteiger charge is -2.41. The third-order valence-electron chi connectivity index (χ3n) is 4.80. The normalized spacial score (nSPS) is 29.8. The molecule has 3 atom stereocenters. The minimum atomic E-state index is -0.249. The molecule has 0 aliphatic heterocycles. The SMILES string of the molecule is CCC(C)(C)C1CCC(O)C(OCCC(C)C)C1. The lowest BCUT2D eigenvalue weighted by Crippen LogP contribution is -2.40. The molecule has 1 saturated carbocycles. The fourth-order valence-electron chi connectivity index (χ4n) is 2.75. The molecule has 2 nitrogen and oxygen atoms in total. The first-order valence-electron chi connectivity index (χ1n) is 7.66. The van der Waals surface area contributed by atoms with Crippen LogP contribution in [0.2, 0.25) is 0 Å². The Bertz CT molecular complexity index is 235. The average molecular weight is 256 g/mol. The van der Waals surface area contributed by atoms with Gasteiger partial charge in [-0.3, -0.25) is 0 Å². The lowest BCUT2D eigenvalue weighted by molar-refractivity contribution is -0.0876. The minimum absolute atomic E-state index is 0.0633. The number of hydrogen-bond donors (Lipinski definition) is 1. The highest BCUT2D eigenvalue weighted by atomic mass is 16.5. The molecule has 0 aromatic rings. The highest BCUT2D eigenvalue weighted by molar-refractivity contribution is 4.87. The van der Waals surface area contributed by atoms with Gasteiger partial charge in [0.2, 0.25) is 0 Å². The lowest BCUT2D eigenvalue weighted by atomic mass is 9.68. The van der Waals surface area contributed by atoms with Crippen LogP contribution >= 0.6 is 0 Å². The highest BCUT2D eigenvalue weighted by Gasteiger charge is 2.36. The molecule has 0 spiro atoms. The second-order valence-electron chi connectivity index (χ2n) is 7.01. The number of rotatable bonds is 6. The van der Waals surface area contributed by atoms with Gasteiger partial charge in [-0.1, -0.05) is 41.0 Å². The highest BCUT2D eigenvalue weighted by Crippen LogP contribution is 2.41. The predicted molar refractivity (Wildman–Crippen MR) is 76.6 cm³/mol. The van der Waals surface area contributed by atoms with E-state index in [9.17, 15) is 5.11 Å². The van der Waals surface area contributed by atoms with Crippen LogP contribution in [-0.4, -0.2) is 23.9 Å². The summed E-state index contributed by atoms with van der Waals surface area (Å²) >= 11 is 0. The van der Waals surface area contributed by atoms with Gasteiger partial charge in [-0.2, -0.15) is 0 Å². The van der Waals surface area contributed by atoms with Gasteiger partial charge in [0.25, 0.3) is 0 Å². The molecule has 0 amide bonds. The Morgan fingerprint density at radius 3 is 2.50 bits per heavy atom. The maximum absolute atomic E-state index is 10.1. The fourth-order valence-corrected chi connectivity index (χ4v) is 2.75. The molecule has 1 N–H and O–H groups in total. The maximum Gasteiger partial charge on any atom is 0.0836 e. The number of hydrogen-bond acceptors (Lipinski definition) is 2. The first-order chi connectivity index (χ1) is 8.36. The molecule has 0 bridgehead atoms. The Morgan fingerprint density at radius 1 is 1.28 bits per heavy atom. The molecular formula is C16H32O2. The van der Waals surface area contributed by atoms with Crippen molar-refractivity contribution in [2.45, 2.75) is 78.9 Å². The van der Waals surface area contributed by atoms with E-state index in [1.165, 1.54) is 6.42 Å². The van der Waals surface area contributed by atoms with Crippen LogP contribution in [0, 0.1) is 17.3 Å². The molecule has 2 heteroatoms. The van der Waals surface area contributed by atoms with Gasteiger partial charge in [-0.25, -0.2) is 0 Å². The van der Waals surface area contributed by atoms with Gasteiger partial charge < -0.3 is 9.84 Å². The molecule has 108 valence electrons. The molecule has 1 aliphatic carbocycles. The summed E-state index contributed by atoms with van der Waals surface area (Å²) in [6.45, 7) is 12.2. The molecule has 0 radical (unpaired) electrons. The van der Waals surface area contributed by atoms with Crippen LogP contribution < -0.4 is 0 Å². The van der Waals surface area contributed by atoms with E-state index in [1.807, 2.05) is 0 Å². The van der Waals surface area contributed by atoms with Crippen molar-refractivity contribution < 1.29 is 9.84 Å². The van der Waals surface area contributed by atoms with Crippen molar-refractivity contribution in [1.29, 1.82) is 0 Å². The van der Waals surface area contributed by atoms with Gasteiger partial charge in [0.15, 0.2) is 0 Å². The molecular weight excluding hydrogens is 224 g/mol. The van der Waals surface area contributed by atoms with Gasteiger partial charge in [0.1, 0.15) is 0 Å². The zero-order valence-electron chi connectivity index (χ0n) is 12.9. The predicted octanol–water partition coefficient (Wildman–Crippen LogP) is 4.01. The quantitative estimate of drug-likeness (QED) is 0.778. The number of ether oxygens (including phenoxy) is 1. The molecule has 1 rings (SSSR count). The van der Waals surface area contributed by atoms with Crippen LogP contribution in [-0.2, 0) is 4.74 Å². The van der Waals surface area contributed by atoms with Crippen molar-refractivity contribution in [2.24, 2.45) is 17.3 Å². The Balaban J connectivity index is 2.46. The molecule has 1 aliphatic rings. The summed E-state index contributed by atoms with van der Waals surface area (Å²) < 4.78 is 5.93. The Morgan fingerprint density at radius 2 is 1.94 bits per heavy atom. The molecule has 1 fully saturated rings. The Hall–Kier alpha value is -0.0800. The van der Waals surface area contributed by atoms with Crippen molar-refractivity contribution in [3.8, 4) is 0 Å². The van der Waals surface area contributed by atoms with Crippen LogP contribution in [0.5, 0.6) is 0 Å². The van der Waals surface area contributed by atoms with Crippen molar-refractivity contribution >= 4 is 0 Å². The number of aliphatic hydroxyl groups excluding tert-OH is 1. The zero-order valence-corrected chi connectivity index (χ0v) is 12.9. The second-order valence-corrected chi connectivity index (χ2v) is 7.01. The van der Waals surface area contributed by atoms with E-state index in [0.717, 1.165) is 32.3 Å². The van der Waals surface area contributed by atoms with E-state index in [0.29, 0.717) is 17.3 Å². The summed E-state index contributed by atoms with van der Waals surface area (Å²) in [5, 5.41) is 10.1. The van der Waals surface area contributed by atoms with Gasteiger partial charge in [-0.15, -0.1) is 0 Å². The summed E-state index contributed by atoms with van der Waals surface area (Å²) in [5.74, 6) is 1.36. The van der Waals surface area contributed by atoms with Crippen LogP contribution in [0.25, 0.3) is 0 Å². The minimum Gasteiger partial charge on any atom is -0.390 e. The summed E-state index contributed by atoms with van der Waals surface area (Å²) in [7, 11) is 0. The maximum atomic E-state index is 10.1. The third-order valence-corrected chi connectivity index (χ3v) is 4.80. The van der Waals surface area contributed by atoms with Gasteiger partial charge in [-0.05, 0) is 42.9 Å². The summed E-state index contributed by atoms with van der Waals surface area (Å²) in [6.07, 6.45) is 5.18. The molecule has 3 unspecified atom stereocenters. The van der Waals surface area contributed by atoms with Crippen molar-refractivity contribution in [3.63, 3.8) is 0 Å². The standard InChI is InChI=1S/C16H32O2/c1-6-16(4,5)13-7-8-14(17)15(11-13)18-10-9-12(2)3/h12-15,17H,6-11H2,1-5H3. The van der Waals surface area contributed by atoms with Crippen LogP contribution in [0.4, 0.5) is 0 Å². The van der Waals surface area contributed by atoms with E-state index in [4.69, 9.17) is 4.74 Å². The summed E-state index contributed by atoms with van der Waals surface area (Å²) in [5.41, 5.74) is 0.375. The molecule has 18 heavy (non-hydrogen) atoms. The van der Waals surface area contributed by atoms with Crippen molar-refractivity contribution in [2.75, 3.05) is 6.61 Å². The molecule has 0 saturated heterocycles. The van der Waals surface area contributed by atoms with E-state index < -0.39 is 0 Å². The van der Waals surface area contributed by atoms with Crippen LogP contribution in [0.1, 0.15) is 66.7 Å². The first-order valence-corrected chi connectivity index (χ1v) is 7.66. The largest absolute Gasteiger partial charge is 0.390 e. The fraction of sp³-hybridized carbons (Fsp3) is 1.00. The zero-order chi connectivity index (χ0) is 13.8. The first kappa shape index (κ1) is 16.0. The monoisotopic (exact) mass is 256 g/mol. The average Bonchev–Trinajstić information content (AvgIpc) is 2.31. The smallest absolute Gasteiger partial charge is 0.0836 e. The van der Waals surface area contributed by atoms with E-state index in [2.05, 4.69) is 34.6 Å². The van der Waals surface area contributed by atoms with Gasteiger partial charge >= 0.3 is 0 Å². The molecule has 0 aromatic heterocycles. The third kappa shape index (κ3) is 4.55. The van der Waals surface area contributed by atoms with Crippen molar-refractivity contribution in [3.05, 3.63) is 0 Å². The topological polar surface area (TPSA) is 29.5 Å². The van der Waals surface area contributed by atoms with Crippen LogP contribution in [0.3, 0.4) is 0 Å². The Kier molecular flexibility index (Phi) is 6.13. The van der Waals surface area contributed by atoms with E-state index in [1.54, 1.807) is 0 Å². The van der Waals surface area contributed by atoms with Gasteiger partial charge in [0, 0.05) is 6.61 Å². The summed E-state index contributed by atoms with van der Waals surface area (Å²) in [4.78, 5) is 0. The van der Waals surface area contributed by atoms with Crippen molar-refractivity contribution in [1.82, 2.24) is 0 Å². The van der Waals surface area contributed by atoms with E-state index >= 15 is 0 Å². The van der Waals surface area contributed by atoms with Gasteiger partial charge in [0.05, 0.1) is 12.2 Å². The van der Waals surface area contributed by atoms with Crippen LogP contribution in [0.15, 0.2) is 0 Å². The second kappa shape index (κ2) is 6.91. The van der Waals surface area contributed by atoms with E-state index in [-0.39, 0.29) is 12.2 Å².